The van der Waals surface area contributed by atoms with E-state index in [0.29, 0.717) is 0 Å². The van der Waals surface area contributed by atoms with Crippen molar-refractivity contribution in [1.29, 1.82) is 0 Å². The predicted octanol–water partition coefficient (Wildman–Crippen LogP) is 2.94. The summed E-state index contributed by atoms with van der Waals surface area (Å²) in [6, 6.07) is 8.85. The fraction of sp³-hybridized carbons (Fsp3) is 0. The number of nitro groups is 2. The van der Waals surface area contributed by atoms with Crippen LogP contribution in [0.3, 0.4) is 0 Å². The predicted molar refractivity (Wildman–Crippen MR) is 72.8 cm³/mol. The Kier molecular flexibility index (Phi) is 3.93. The molecule has 2 aromatic carbocycles. The van der Waals surface area contributed by atoms with Crippen LogP contribution in [0.25, 0.3) is 0 Å². The minimum atomic E-state index is -0.635. The maximum Gasteiger partial charge on any atom is 0.288 e. The Morgan fingerprint density at radius 3 is 0.955 bits per heavy atom. The van der Waals surface area contributed by atoms with Gasteiger partial charge in [0.05, 0.1) is 19.6 Å². The molecule has 112 valence electrons. The van der Waals surface area contributed by atoms with Crippen LogP contribution in [0.5, 0.6) is 0 Å². The molecule has 0 aliphatic carbocycles. The highest BCUT2D eigenvalue weighted by atomic mass is 16.6. The minimum Gasteiger partial charge on any atom is -0.561 e. The van der Waals surface area contributed by atoms with Crippen molar-refractivity contribution in [1.82, 2.24) is 0 Å². The quantitative estimate of drug-likeness (QED) is 0.368. The van der Waals surface area contributed by atoms with Gasteiger partial charge >= 0.3 is 0 Å². The zero-order valence-electron chi connectivity index (χ0n) is 10.9. The summed E-state index contributed by atoms with van der Waals surface area (Å²) < 4.78 is 0. The highest BCUT2D eigenvalue weighted by Gasteiger charge is 2.18. The summed E-state index contributed by atoms with van der Waals surface area (Å²) in [5.74, 6) is 0. The Balaban J connectivity index is 2.35. The minimum absolute atomic E-state index is 0.0229. The Morgan fingerprint density at radius 2 is 0.727 bits per heavy atom. The van der Waals surface area contributed by atoms with Crippen molar-refractivity contribution < 1.29 is 19.6 Å². The van der Waals surface area contributed by atoms with Crippen LogP contribution in [-0.4, -0.2) is 19.6 Å². The van der Waals surface area contributed by atoms with Gasteiger partial charge in [-0.1, -0.05) is 0 Å². The van der Waals surface area contributed by atoms with Gasteiger partial charge in [-0.15, -0.1) is 0 Å². The molecule has 0 aliphatic rings. The first-order valence-corrected chi connectivity index (χ1v) is 5.83. The van der Waals surface area contributed by atoms with Crippen LogP contribution in [-0.2, 0) is 0 Å². The number of hydrogen-bond acceptors (Lipinski definition) is 6. The van der Waals surface area contributed by atoms with Crippen LogP contribution in [0.4, 0.5) is 22.7 Å². The lowest BCUT2D eigenvalue weighted by molar-refractivity contribution is -0.896. The van der Waals surface area contributed by atoms with Gasteiger partial charge in [-0.25, -0.2) is 0 Å². The molecule has 22 heavy (non-hydrogen) atoms. The monoisotopic (exact) mass is 304 g/mol. The van der Waals surface area contributed by atoms with E-state index >= 15 is 0 Å². The van der Waals surface area contributed by atoms with Crippen LogP contribution in [0.2, 0.25) is 0 Å². The van der Waals surface area contributed by atoms with Crippen molar-refractivity contribution in [3.05, 3.63) is 79.2 Å². The number of rotatable bonds is 4. The molecule has 0 aromatic heterocycles. The van der Waals surface area contributed by atoms with E-state index in [1.807, 2.05) is 0 Å². The zero-order chi connectivity index (χ0) is 16.3. The number of benzene rings is 2. The van der Waals surface area contributed by atoms with Crippen molar-refractivity contribution in [2.45, 2.75) is 0 Å². The number of hydrogen-bond donors (Lipinski definition) is 0. The summed E-state index contributed by atoms with van der Waals surface area (Å²) in [5, 5.41) is 44.8. The molecule has 0 saturated carbocycles. The molecule has 0 N–H and O–H groups in total. The molecule has 0 bridgehead atoms. The molecule has 10 nitrogen and oxygen atoms in total. The van der Waals surface area contributed by atoms with Gasteiger partial charge in [0.15, 0.2) is 0 Å². The molecule has 0 atom stereocenters. The normalized spacial score (nSPS) is 11.6. The van der Waals surface area contributed by atoms with Gasteiger partial charge in [0.1, 0.15) is 0 Å². The molecule has 10 heteroatoms. The standard InChI is InChI=1S/C12H8N4O6/c17-13(9-1-5-11(6-2-9)15(19)20)14(18)10-3-7-12(8-4-10)16(21)22/h1-8H/b14-13+. The third kappa shape index (κ3) is 2.95. The smallest absolute Gasteiger partial charge is 0.288 e. The van der Waals surface area contributed by atoms with Crippen LogP contribution in [0, 0.1) is 30.6 Å². The largest absolute Gasteiger partial charge is 0.561 e. The molecule has 0 unspecified atom stereocenters. The summed E-state index contributed by atoms with van der Waals surface area (Å²) >= 11 is 0. The Hall–Kier alpha value is -3.56. The lowest BCUT2D eigenvalue weighted by Crippen LogP contribution is -2.08. The van der Waals surface area contributed by atoms with E-state index < -0.39 is 9.85 Å². The average molecular weight is 304 g/mol. The maximum atomic E-state index is 11.9. The second-order valence-electron chi connectivity index (χ2n) is 4.09. The molecule has 0 saturated heterocycles. The van der Waals surface area contributed by atoms with E-state index in [0.717, 1.165) is 48.5 Å². The van der Waals surface area contributed by atoms with Crippen molar-refractivity contribution in [2.24, 2.45) is 0 Å². The van der Waals surface area contributed by atoms with Gasteiger partial charge < -0.3 is 10.4 Å². The summed E-state index contributed by atoms with van der Waals surface area (Å²) in [6.45, 7) is 0. The second kappa shape index (κ2) is 5.83. The van der Waals surface area contributed by atoms with E-state index in [-0.39, 0.29) is 32.5 Å². The van der Waals surface area contributed by atoms with E-state index in [1.54, 1.807) is 0 Å². The highest BCUT2D eigenvalue weighted by Crippen LogP contribution is 2.21. The molecule has 0 radical (unpaired) electrons. The topological polar surface area (TPSA) is 138 Å². The van der Waals surface area contributed by atoms with E-state index in [4.69, 9.17) is 0 Å². The van der Waals surface area contributed by atoms with Crippen LogP contribution in [0.1, 0.15) is 0 Å². The fourth-order valence-corrected chi connectivity index (χ4v) is 1.61. The SMILES string of the molecule is O=[N+]([O-])c1ccc(/[N+]([O-])=[N+](\[O-])c2ccc([N+](=O)[O-])cc2)cc1. The summed E-state index contributed by atoms with van der Waals surface area (Å²) in [4.78, 5) is 19.7. The van der Waals surface area contributed by atoms with Crippen LogP contribution in [0.15, 0.2) is 48.5 Å². The molecular formula is C12H8N4O6. The Labute approximate surface area is 122 Å². The fourth-order valence-electron chi connectivity index (χ4n) is 1.61. The maximum absolute atomic E-state index is 11.9. The van der Waals surface area contributed by atoms with Crippen molar-refractivity contribution >= 4 is 22.7 Å². The van der Waals surface area contributed by atoms with E-state index in [2.05, 4.69) is 0 Å². The second-order valence-corrected chi connectivity index (χ2v) is 4.09. The van der Waals surface area contributed by atoms with Crippen LogP contribution >= 0.6 is 0 Å². The Morgan fingerprint density at radius 1 is 0.500 bits per heavy atom. The molecule has 2 rings (SSSR count). The molecule has 0 heterocycles. The van der Waals surface area contributed by atoms with Gasteiger partial charge in [-0.2, -0.15) is 0 Å². The van der Waals surface area contributed by atoms with Gasteiger partial charge in [0.2, 0.25) is 0 Å². The average Bonchev–Trinajstić information content (AvgIpc) is 2.53. The molecule has 0 aliphatic heterocycles. The summed E-state index contributed by atoms with van der Waals surface area (Å²) in [5.41, 5.74) is -0.659. The first-order chi connectivity index (χ1) is 10.4. The lowest BCUT2D eigenvalue weighted by Gasteiger charge is -2.02. The molecule has 0 spiro atoms. The Bertz CT molecular complexity index is 689. The first-order valence-electron chi connectivity index (χ1n) is 5.83. The van der Waals surface area contributed by atoms with Gasteiger partial charge in [0.25, 0.3) is 22.7 Å². The van der Waals surface area contributed by atoms with Crippen LogP contribution < -0.4 is 0 Å². The van der Waals surface area contributed by atoms with E-state index in [1.165, 1.54) is 0 Å². The van der Waals surface area contributed by atoms with E-state index in [9.17, 15) is 30.6 Å². The summed E-state index contributed by atoms with van der Waals surface area (Å²) in [6.07, 6.45) is 0. The number of non-ortho nitro benzene ring substituents is 2. The third-order valence-electron chi connectivity index (χ3n) is 2.73. The first kappa shape index (κ1) is 14.8. The summed E-state index contributed by atoms with van der Waals surface area (Å²) in [7, 11) is 0. The van der Waals surface area contributed by atoms with Crippen molar-refractivity contribution in [2.75, 3.05) is 0 Å². The molecule has 0 fully saturated rings. The number of nitro benzene ring substituents is 2. The third-order valence-corrected chi connectivity index (χ3v) is 2.73. The van der Waals surface area contributed by atoms with Gasteiger partial charge in [-0.05, 0) is 0 Å². The molecular weight excluding hydrogens is 296 g/mol. The number of azo groups is 1. The molecule has 2 aromatic rings. The van der Waals surface area contributed by atoms with Gasteiger partial charge in [0, 0.05) is 48.5 Å². The highest BCUT2D eigenvalue weighted by molar-refractivity contribution is 5.41. The zero-order valence-corrected chi connectivity index (χ0v) is 10.9. The van der Waals surface area contributed by atoms with Crippen molar-refractivity contribution in [3.8, 4) is 0 Å². The lowest BCUT2D eigenvalue weighted by atomic mass is 10.3. The van der Waals surface area contributed by atoms with Crippen molar-refractivity contribution in [3.63, 3.8) is 0 Å². The van der Waals surface area contributed by atoms with Gasteiger partial charge in [-0.3, -0.25) is 20.2 Å². The molecule has 0 amide bonds. The number of nitrogens with zero attached hydrogens (tertiary/aromatic N) is 4.